The number of phenolic OH excluding ortho intramolecular Hbond substituents is 1. The number of tetrazole rings is 1. The Balaban J connectivity index is 1.38. The van der Waals surface area contributed by atoms with Gasteiger partial charge in [0.05, 0.1) is 17.8 Å². The summed E-state index contributed by atoms with van der Waals surface area (Å²) in [6.07, 6.45) is 7.33. The fourth-order valence-electron chi connectivity index (χ4n) is 5.39. The summed E-state index contributed by atoms with van der Waals surface area (Å²) in [5, 5.41) is 31.5. The van der Waals surface area contributed by atoms with Crippen LogP contribution in [0, 0.1) is 5.41 Å². The minimum Gasteiger partial charge on any atom is -0.507 e. The molecule has 3 aromatic rings. The first-order chi connectivity index (χ1) is 17.6. The Kier molecular flexibility index (Phi) is 7.31. The van der Waals surface area contributed by atoms with Crippen molar-refractivity contribution in [2.45, 2.75) is 80.6 Å². The van der Waals surface area contributed by atoms with Gasteiger partial charge in [-0.15, -0.1) is 63.1 Å². The molecule has 13 heteroatoms. The Morgan fingerprint density at radius 1 is 1.16 bits per heavy atom. The molecule has 5 rings (SSSR count). The van der Waals surface area contributed by atoms with Gasteiger partial charge in [-0.3, -0.25) is 0 Å². The summed E-state index contributed by atoms with van der Waals surface area (Å²) < 4.78 is 14.7. The van der Waals surface area contributed by atoms with Crippen molar-refractivity contribution >= 4 is 43.7 Å². The van der Waals surface area contributed by atoms with Crippen LogP contribution in [0.3, 0.4) is 0 Å². The van der Waals surface area contributed by atoms with Crippen LogP contribution in [-0.2, 0) is 3.54 Å². The van der Waals surface area contributed by atoms with Crippen LogP contribution >= 0.6 is 37.9 Å². The van der Waals surface area contributed by atoms with Crippen molar-refractivity contribution in [2.75, 3.05) is 4.90 Å². The minimum absolute atomic E-state index is 0.0530. The number of nitrogens with zero attached hydrogens (tertiary/aromatic N) is 8. The highest BCUT2D eigenvalue weighted by molar-refractivity contribution is 8.15. The molecule has 0 aliphatic heterocycles. The summed E-state index contributed by atoms with van der Waals surface area (Å²) in [6, 6.07) is 4.95. The van der Waals surface area contributed by atoms with Gasteiger partial charge < -0.3 is 10.0 Å². The highest BCUT2D eigenvalue weighted by Gasteiger charge is 2.48. The Hall–Kier alpha value is -2.12. The molecule has 3 atom stereocenters. The Morgan fingerprint density at radius 2 is 1.95 bits per heavy atom. The molecule has 1 N–H and O–H groups in total. The normalized spacial score (nSPS) is 24.3. The molecule has 2 fully saturated rings. The second-order valence-corrected chi connectivity index (χ2v) is 13.3. The van der Waals surface area contributed by atoms with Crippen molar-refractivity contribution < 1.29 is 9.50 Å². The lowest BCUT2D eigenvalue weighted by atomic mass is 9.69. The van der Waals surface area contributed by atoms with E-state index in [1.165, 1.54) is 6.07 Å². The second-order valence-electron chi connectivity index (χ2n) is 10.3. The molecule has 9 nitrogen and oxygen atoms in total. The van der Waals surface area contributed by atoms with Gasteiger partial charge in [-0.2, -0.15) is 0 Å². The molecule has 2 aliphatic rings. The van der Waals surface area contributed by atoms with Gasteiger partial charge in [0.1, 0.15) is 11.9 Å². The van der Waals surface area contributed by atoms with Crippen molar-refractivity contribution in [2.24, 2.45) is 5.41 Å². The highest BCUT2D eigenvalue weighted by atomic mass is 32.2. The van der Waals surface area contributed by atoms with Gasteiger partial charge in [0.25, 0.3) is 0 Å². The summed E-state index contributed by atoms with van der Waals surface area (Å²) in [5.74, 6) is 1.09. The van der Waals surface area contributed by atoms with E-state index in [2.05, 4.69) is 87.2 Å². The number of benzene rings is 1. The maximum absolute atomic E-state index is 15.9. The van der Waals surface area contributed by atoms with E-state index in [-0.39, 0.29) is 34.9 Å². The third kappa shape index (κ3) is 5.40. The summed E-state index contributed by atoms with van der Waals surface area (Å²) in [5.41, 5.74) is 0.641. The fourth-order valence-corrected chi connectivity index (χ4v) is 5.64. The number of aromatic nitrogens is 7. The Morgan fingerprint density at radius 3 is 2.54 bits per heavy atom. The Labute approximate surface area is 231 Å². The number of phenols is 1. The van der Waals surface area contributed by atoms with E-state index in [1.807, 2.05) is 0 Å². The molecule has 0 bridgehead atoms. The van der Waals surface area contributed by atoms with Crippen LogP contribution in [0.1, 0.15) is 58.8 Å². The number of thiol groups is 3. The van der Waals surface area contributed by atoms with Crippen LogP contribution in [0.4, 0.5) is 10.2 Å². The maximum Gasteiger partial charge on any atom is 0.213 e. The molecule has 1 aromatic carbocycles. The lowest BCUT2D eigenvalue weighted by Crippen LogP contribution is -2.52. The van der Waals surface area contributed by atoms with Gasteiger partial charge in [0.2, 0.25) is 9.36 Å². The summed E-state index contributed by atoms with van der Waals surface area (Å²) >= 11 is 12.5. The average Bonchev–Trinajstić information content (AvgIpc) is 3.55. The van der Waals surface area contributed by atoms with E-state index < -0.39 is 9.71 Å². The molecule has 0 amide bonds. The van der Waals surface area contributed by atoms with Gasteiger partial charge in [0.15, 0.2) is 11.6 Å². The van der Waals surface area contributed by atoms with Gasteiger partial charge >= 0.3 is 0 Å². The minimum atomic E-state index is -1.21. The molecule has 0 saturated heterocycles. The van der Waals surface area contributed by atoms with Gasteiger partial charge in [-0.1, -0.05) is 32.8 Å². The molecule has 0 spiro atoms. The van der Waals surface area contributed by atoms with Crippen LogP contribution in [0.2, 0.25) is 0 Å². The number of aromatic hydroxyl groups is 1. The largest absolute Gasteiger partial charge is 0.507 e. The Bertz CT molecular complexity index is 1250. The van der Waals surface area contributed by atoms with Gasteiger partial charge in [-0.05, 0) is 49.5 Å². The number of hydrogen-bond acceptors (Lipinski definition) is 11. The first-order valence-corrected chi connectivity index (χ1v) is 13.9. The molecule has 2 saturated carbocycles. The first-order valence-electron chi connectivity index (χ1n) is 12.5. The topological polar surface area (TPSA) is 106 Å². The molecular weight excluding hydrogens is 532 g/mol. The first kappa shape index (κ1) is 26.5. The zero-order valence-corrected chi connectivity index (χ0v) is 23.4. The molecular formula is C24H31FN8OS3. The molecule has 198 valence electrons. The van der Waals surface area contributed by atoms with E-state index in [0.29, 0.717) is 16.9 Å². The molecule has 2 aliphatic carbocycles. The van der Waals surface area contributed by atoms with E-state index in [4.69, 9.17) is 0 Å². The molecule has 2 aromatic heterocycles. The smallest absolute Gasteiger partial charge is 0.213 e. The van der Waals surface area contributed by atoms with Crippen molar-refractivity contribution in [1.29, 1.82) is 0 Å². The second kappa shape index (κ2) is 10.2. The highest BCUT2D eigenvalue weighted by Crippen LogP contribution is 2.46. The SMILES string of the molecule is CCC[C@]1(C)CCC[C@H](N(c2cnc(-c3ccc(-c4nnn(C(S)(S)S)n4)cc3O)nn2)C2CC2)[C@@H]1F. The van der Waals surface area contributed by atoms with E-state index >= 15 is 4.39 Å². The summed E-state index contributed by atoms with van der Waals surface area (Å²) in [7, 11) is 0. The fraction of sp³-hybridized carbons (Fsp3) is 0.583. The lowest BCUT2D eigenvalue weighted by Gasteiger charge is -2.46. The van der Waals surface area contributed by atoms with Crippen molar-refractivity contribution in [3.63, 3.8) is 0 Å². The molecule has 0 radical (unpaired) electrons. The predicted molar refractivity (Wildman–Crippen MR) is 150 cm³/mol. The van der Waals surface area contributed by atoms with Gasteiger partial charge in [-0.25, -0.2) is 9.37 Å². The van der Waals surface area contributed by atoms with E-state index in [1.54, 1.807) is 18.3 Å². The summed E-state index contributed by atoms with van der Waals surface area (Å²) in [4.78, 5) is 7.75. The number of rotatable bonds is 8. The van der Waals surface area contributed by atoms with Crippen molar-refractivity contribution in [1.82, 2.24) is 35.4 Å². The zero-order valence-electron chi connectivity index (χ0n) is 20.7. The predicted octanol–water partition coefficient (Wildman–Crippen LogP) is 4.92. The third-order valence-electron chi connectivity index (χ3n) is 7.36. The molecule has 0 unspecified atom stereocenters. The van der Waals surface area contributed by atoms with Crippen molar-refractivity contribution in [3.8, 4) is 28.5 Å². The van der Waals surface area contributed by atoms with Crippen LogP contribution in [0.15, 0.2) is 24.4 Å². The summed E-state index contributed by atoms with van der Waals surface area (Å²) in [6.45, 7) is 4.20. The number of anilines is 1. The van der Waals surface area contributed by atoms with Gasteiger partial charge in [0, 0.05) is 17.0 Å². The maximum atomic E-state index is 15.9. The standard InChI is InChI=1S/C24H31FN8OS3/c1-3-10-23(2)11-4-5-17(20(23)25)32(15-7-8-15)19-13-26-22(28-27-19)16-9-6-14(12-18(16)34)21-29-31-33(30-21)24(35,36)37/h6,9,12-13,15,17,20,34-37H,3-5,7-8,10-11H2,1-2H3/t17-,20-,23+/m0/s1. The van der Waals surface area contributed by atoms with Crippen LogP contribution in [0.25, 0.3) is 22.8 Å². The zero-order chi connectivity index (χ0) is 26.4. The van der Waals surface area contributed by atoms with Crippen LogP contribution in [0.5, 0.6) is 5.75 Å². The molecule has 37 heavy (non-hydrogen) atoms. The molecule has 2 heterocycles. The third-order valence-corrected chi connectivity index (χ3v) is 7.90. The van der Waals surface area contributed by atoms with Crippen molar-refractivity contribution in [3.05, 3.63) is 24.4 Å². The number of halogens is 1. The van der Waals surface area contributed by atoms with E-state index in [0.717, 1.165) is 49.7 Å². The lowest BCUT2D eigenvalue weighted by molar-refractivity contribution is 0.0423. The van der Waals surface area contributed by atoms with Crippen LogP contribution < -0.4 is 4.90 Å². The number of hydrogen-bond donors (Lipinski definition) is 4. The quantitative estimate of drug-likeness (QED) is 0.227. The van der Waals surface area contributed by atoms with E-state index in [9.17, 15) is 5.11 Å². The number of alkyl halides is 1. The van der Waals surface area contributed by atoms with Crippen LogP contribution in [-0.4, -0.2) is 58.8 Å². The average molecular weight is 563 g/mol. The monoisotopic (exact) mass is 562 g/mol.